The number of H-pyrrole nitrogens is 1. The van der Waals surface area contributed by atoms with Crippen LogP contribution in [0.5, 0.6) is 0 Å². The molecule has 0 atom stereocenters. The molecule has 1 heterocycles. The molecule has 0 aliphatic rings. The van der Waals surface area contributed by atoms with Gasteiger partial charge >= 0.3 is 0 Å². The lowest BCUT2D eigenvalue weighted by Gasteiger charge is -2.03. The molecule has 0 bridgehead atoms. The van der Waals surface area contributed by atoms with Crippen LogP contribution in [-0.4, -0.2) is 35.9 Å². The molecule has 0 aliphatic carbocycles. The second-order valence-corrected chi connectivity index (χ2v) is 2.65. The molecule has 1 aromatic heterocycles. The molecule has 14 heavy (non-hydrogen) atoms. The number of nitrogen functional groups attached to an aromatic ring is 1. The number of hydrogen-bond acceptors (Lipinski definition) is 4. The maximum absolute atomic E-state index is 11.4. The van der Waals surface area contributed by atoms with Crippen LogP contribution in [-0.2, 0) is 4.74 Å². The van der Waals surface area contributed by atoms with Crippen molar-refractivity contribution in [3.63, 3.8) is 0 Å². The number of hydrogen-bond donors (Lipinski definition) is 3. The first-order valence-electron chi connectivity index (χ1n) is 4.40. The number of nitrogens with two attached hydrogens (primary N) is 1. The molecule has 0 aromatic carbocycles. The molecule has 4 N–H and O–H groups in total. The van der Waals surface area contributed by atoms with Crippen molar-refractivity contribution in [1.82, 2.24) is 15.5 Å². The number of aromatic amines is 1. The van der Waals surface area contributed by atoms with Gasteiger partial charge in [0.05, 0.1) is 12.8 Å². The zero-order chi connectivity index (χ0) is 10.4. The van der Waals surface area contributed by atoms with E-state index in [0.717, 1.165) is 0 Å². The van der Waals surface area contributed by atoms with Gasteiger partial charge in [0.25, 0.3) is 5.91 Å². The smallest absolute Gasteiger partial charge is 0.256 e. The first kappa shape index (κ1) is 10.5. The Morgan fingerprint density at radius 1 is 1.79 bits per heavy atom. The van der Waals surface area contributed by atoms with Crippen molar-refractivity contribution in [1.29, 1.82) is 0 Å². The molecule has 1 amide bonds. The minimum absolute atomic E-state index is 0.240. The standard InChI is InChI=1S/C8H14N4O2/c1-2-14-4-3-10-8(13)6-5-11-12-7(6)9/h5H,2-4H2,1H3,(H,10,13)(H3,9,11,12). The SMILES string of the molecule is CCOCCNC(=O)c1cn[nH]c1N. The van der Waals surface area contributed by atoms with Crippen molar-refractivity contribution in [2.24, 2.45) is 0 Å². The maximum Gasteiger partial charge on any atom is 0.256 e. The van der Waals surface area contributed by atoms with Gasteiger partial charge in [0, 0.05) is 13.2 Å². The van der Waals surface area contributed by atoms with E-state index >= 15 is 0 Å². The van der Waals surface area contributed by atoms with E-state index in [-0.39, 0.29) is 11.7 Å². The van der Waals surface area contributed by atoms with Crippen molar-refractivity contribution >= 4 is 11.7 Å². The summed E-state index contributed by atoms with van der Waals surface area (Å²) < 4.78 is 5.06. The topological polar surface area (TPSA) is 93.0 Å². The van der Waals surface area contributed by atoms with E-state index in [9.17, 15) is 4.79 Å². The van der Waals surface area contributed by atoms with E-state index in [1.54, 1.807) is 0 Å². The average molecular weight is 198 g/mol. The van der Waals surface area contributed by atoms with Crippen LogP contribution in [0.1, 0.15) is 17.3 Å². The highest BCUT2D eigenvalue weighted by molar-refractivity contribution is 5.97. The Kier molecular flexibility index (Phi) is 3.93. The molecule has 1 rings (SSSR count). The van der Waals surface area contributed by atoms with E-state index in [1.165, 1.54) is 6.20 Å². The third-order valence-corrected chi connectivity index (χ3v) is 1.65. The molecule has 0 saturated heterocycles. The van der Waals surface area contributed by atoms with Crippen LogP contribution in [0, 0.1) is 0 Å². The summed E-state index contributed by atoms with van der Waals surface area (Å²) in [6.45, 7) is 3.51. The number of anilines is 1. The molecular weight excluding hydrogens is 184 g/mol. The molecule has 0 fully saturated rings. The van der Waals surface area contributed by atoms with Crippen molar-refractivity contribution in [2.75, 3.05) is 25.5 Å². The zero-order valence-corrected chi connectivity index (χ0v) is 8.04. The van der Waals surface area contributed by atoms with Gasteiger partial charge in [0.2, 0.25) is 0 Å². The molecule has 0 spiro atoms. The van der Waals surface area contributed by atoms with Crippen molar-refractivity contribution in [3.8, 4) is 0 Å². The van der Waals surface area contributed by atoms with Gasteiger partial charge in [-0.1, -0.05) is 0 Å². The van der Waals surface area contributed by atoms with Crippen LogP contribution in [0.15, 0.2) is 6.20 Å². The van der Waals surface area contributed by atoms with Crippen LogP contribution in [0.3, 0.4) is 0 Å². The van der Waals surface area contributed by atoms with Gasteiger partial charge in [-0.2, -0.15) is 5.10 Å². The van der Waals surface area contributed by atoms with Gasteiger partial charge < -0.3 is 15.8 Å². The first-order chi connectivity index (χ1) is 6.75. The molecule has 6 nitrogen and oxygen atoms in total. The van der Waals surface area contributed by atoms with Gasteiger partial charge in [-0.25, -0.2) is 0 Å². The van der Waals surface area contributed by atoms with Gasteiger partial charge in [-0.3, -0.25) is 9.89 Å². The largest absolute Gasteiger partial charge is 0.383 e. The lowest BCUT2D eigenvalue weighted by atomic mass is 10.3. The lowest BCUT2D eigenvalue weighted by molar-refractivity contribution is 0.0923. The number of aromatic nitrogens is 2. The molecule has 0 saturated carbocycles. The summed E-state index contributed by atoms with van der Waals surface area (Å²) in [5.74, 6) is 0.0369. The van der Waals surface area contributed by atoms with Gasteiger partial charge in [-0.15, -0.1) is 0 Å². The summed E-state index contributed by atoms with van der Waals surface area (Å²) in [7, 11) is 0. The number of rotatable bonds is 5. The second-order valence-electron chi connectivity index (χ2n) is 2.65. The summed E-state index contributed by atoms with van der Waals surface area (Å²) in [5, 5.41) is 8.79. The highest BCUT2D eigenvalue weighted by Crippen LogP contribution is 2.04. The fourth-order valence-electron chi connectivity index (χ4n) is 0.953. The molecule has 0 aliphatic heterocycles. The van der Waals surface area contributed by atoms with Crippen LogP contribution < -0.4 is 11.1 Å². The average Bonchev–Trinajstić information content (AvgIpc) is 2.59. The Morgan fingerprint density at radius 3 is 3.14 bits per heavy atom. The Hall–Kier alpha value is -1.56. The van der Waals surface area contributed by atoms with Crippen LogP contribution >= 0.6 is 0 Å². The number of carbonyl (C=O) groups is 1. The minimum Gasteiger partial charge on any atom is -0.383 e. The lowest BCUT2D eigenvalue weighted by Crippen LogP contribution is -2.27. The monoisotopic (exact) mass is 198 g/mol. The Morgan fingerprint density at radius 2 is 2.57 bits per heavy atom. The predicted octanol–water partition coefficient (Wildman–Crippen LogP) is -0.242. The number of nitrogens with zero attached hydrogens (tertiary/aromatic N) is 1. The molecule has 1 aromatic rings. The summed E-state index contributed by atoms with van der Waals surface area (Å²) in [6, 6.07) is 0. The number of amides is 1. The van der Waals surface area contributed by atoms with E-state index in [0.29, 0.717) is 25.3 Å². The maximum atomic E-state index is 11.4. The summed E-state index contributed by atoms with van der Waals surface area (Å²) in [5.41, 5.74) is 5.82. The van der Waals surface area contributed by atoms with Crippen molar-refractivity contribution < 1.29 is 9.53 Å². The van der Waals surface area contributed by atoms with E-state index in [4.69, 9.17) is 10.5 Å². The summed E-state index contributed by atoms with van der Waals surface area (Å²) in [4.78, 5) is 11.4. The number of nitrogens with one attached hydrogen (secondary N) is 2. The zero-order valence-electron chi connectivity index (χ0n) is 8.04. The molecule has 78 valence electrons. The molecule has 0 radical (unpaired) electrons. The van der Waals surface area contributed by atoms with Gasteiger partial charge in [-0.05, 0) is 6.92 Å². The van der Waals surface area contributed by atoms with Gasteiger partial charge in [0.1, 0.15) is 11.4 Å². The number of carbonyl (C=O) groups excluding carboxylic acids is 1. The normalized spacial score (nSPS) is 10.1. The fraction of sp³-hybridized carbons (Fsp3) is 0.500. The fourth-order valence-corrected chi connectivity index (χ4v) is 0.953. The highest BCUT2D eigenvalue weighted by Gasteiger charge is 2.09. The third-order valence-electron chi connectivity index (χ3n) is 1.65. The summed E-state index contributed by atoms with van der Waals surface area (Å²) in [6.07, 6.45) is 1.39. The third kappa shape index (κ3) is 2.74. The second kappa shape index (κ2) is 5.23. The quantitative estimate of drug-likeness (QED) is 0.569. The molecule has 6 heteroatoms. The van der Waals surface area contributed by atoms with Crippen LogP contribution in [0.25, 0.3) is 0 Å². The minimum atomic E-state index is -0.240. The highest BCUT2D eigenvalue weighted by atomic mass is 16.5. The van der Waals surface area contributed by atoms with Crippen LogP contribution in [0.2, 0.25) is 0 Å². The Balaban J connectivity index is 2.32. The Labute approximate surface area is 81.8 Å². The molecular formula is C8H14N4O2. The Bertz CT molecular complexity index is 297. The van der Waals surface area contributed by atoms with Crippen LogP contribution in [0.4, 0.5) is 5.82 Å². The molecule has 0 unspecified atom stereocenters. The van der Waals surface area contributed by atoms with E-state index < -0.39 is 0 Å². The van der Waals surface area contributed by atoms with Crippen molar-refractivity contribution in [2.45, 2.75) is 6.92 Å². The van der Waals surface area contributed by atoms with E-state index in [1.807, 2.05) is 6.92 Å². The van der Waals surface area contributed by atoms with Crippen molar-refractivity contribution in [3.05, 3.63) is 11.8 Å². The predicted molar refractivity (Wildman–Crippen MR) is 51.8 cm³/mol. The summed E-state index contributed by atoms with van der Waals surface area (Å²) >= 11 is 0. The van der Waals surface area contributed by atoms with Gasteiger partial charge in [0.15, 0.2) is 0 Å². The number of ether oxygens (including phenoxy) is 1. The first-order valence-corrected chi connectivity index (χ1v) is 4.40. The van der Waals surface area contributed by atoms with E-state index in [2.05, 4.69) is 15.5 Å².